The summed E-state index contributed by atoms with van der Waals surface area (Å²) in [4.78, 5) is 26.4. The van der Waals surface area contributed by atoms with Crippen molar-refractivity contribution < 1.29 is 19.1 Å². The summed E-state index contributed by atoms with van der Waals surface area (Å²) in [6, 6.07) is 5.87. The van der Waals surface area contributed by atoms with Gasteiger partial charge in [-0.05, 0) is 30.9 Å². The van der Waals surface area contributed by atoms with E-state index in [4.69, 9.17) is 0 Å². The fraction of sp³-hybridized carbons (Fsp3) is 0.500. The van der Waals surface area contributed by atoms with Crippen LogP contribution < -0.4 is 0 Å². The van der Waals surface area contributed by atoms with E-state index < -0.39 is 6.04 Å². The van der Waals surface area contributed by atoms with E-state index in [2.05, 4.69) is 0 Å². The second-order valence-electron chi connectivity index (χ2n) is 6.92. The minimum atomic E-state index is -0.603. The number of aliphatic hydroxyl groups excluding tert-OH is 1. The number of hydrogen-bond acceptors (Lipinski definition) is 5. The van der Waals surface area contributed by atoms with Gasteiger partial charge < -0.3 is 5.11 Å². The van der Waals surface area contributed by atoms with Crippen molar-refractivity contribution in [2.75, 3.05) is 19.7 Å². The number of rotatable bonds is 6. The molecule has 2 atom stereocenters. The SMILES string of the molecule is CC(=O)S[C@H]1CCN(C(C(=O)C2CC2)c2ccccc2F)C/C1=C\CO. The predicted molar refractivity (Wildman–Crippen MR) is 100 cm³/mol. The van der Waals surface area contributed by atoms with Crippen molar-refractivity contribution in [3.63, 3.8) is 0 Å². The lowest BCUT2D eigenvalue weighted by molar-refractivity contribution is -0.126. The molecule has 1 aliphatic heterocycles. The molecule has 1 aromatic carbocycles. The predicted octanol–water partition coefficient (Wildman–Crippen LogP) is 3.12. The average molecular weight is 377 g/mol. The Morgan fingerprint density at radius 3 is 2.69 bits per heavy atom. The highest BCUT2D eigenvalue weighted by atomic mass is 32.2. The zero-order valence-corrected chi connectivity index (χ0v) is 15.7. The van der Waals surface area contributed by atoms with Gasteiger partial charge in [-0.2, -0.15) is 0 Å². The van der Waals surface area contributed by atoms with Crippen LogP contribution in [-0.4, -0.2) is 45.9 Å². The second kappa shape index (κ2) is 8.46. The van der Waals surface area contributed by atoms with Crippen molar-refractivity contribution in [3.05, 3.63) is 47.3 Å². The zero-order valence-electron chi connectivity index (χ0n) is 14.9. The third kappa shape index (κ3) is 4.42. The van der Waals surface area contributed by atoms with Gasteiger partial charge in [-0.1, -0.05) is 36.0 Å². The molecular formula is C20H24FNO3S. The Hall–Kier alpha value is -1.50. The van der Waals surface area contributed by atoms with E-state index >= 15 is 0 Å². The maximum absolute atomic E-state index is 14.5. The molecule has 1 unspecified atom stereocenters. The Bertz CT molecular complexity index is 717. The number of benzene rings is 1. The van der Waals surface area contributed by atoms with Crippen LogP contribution in [0.5, 0.6) is 0 Å². The molecule has 1 heterocycles. The number of thioether (sulfide) groups is 1. The van der Waals surface area contributed by atoms with Gasteiger partial charge in [0.1, 0.15) is 5.82 Å². The molecule has 0 radical (unpaired) electrons. The van der Waals surface area contributed by atoms with E-state index in [1.165, 1.54) is 24.8 Å². The van der Waals surface area contributed by atoms with Gasteiger partial charge in [0, 0.05) is 36.7 Å². The molecule has 0 aromatic heterocycles. The topological polar surface area (TPSA) is 57.6 Å². The molecule has 0 bridgehead atoms. The largest absolute Gasteiger partial charge is 0.392 e. The van der Waals surface area contributed by atoms with Crippen LogP contribution in [0.25, 0.3) is 0 Å². The molecule has 0 spiro atoms. The molecule has 26 heavy (non-hydrogen) atoms. The van der Waals surface area contributed by atoms with Gasteiger partial charge in [0.15, 0.2) is 10.9 Å². The van der Waals surface area contributed by atoms with Gasteiger partial charge in [0.05, 0.1) is 12.6 Å². The Balaban J connectivity index is 1.87. The average Bonchev–Trinajstić information content (AvgIpc) is 3.44. The van der Waals surface area contributed by atoms with Gasteiger partial charge in [0.2, 0.25) is 0 Å². The lowest BCUT2D eigenvalue weighted by Gasteiger charge is -2.38. The van der Waals surface area contributed by atoms with Gasteiger partial charge in [-0.25, -0.2) is 4.39 Å². The summed E-state index contributed by atoms with van der Waals surface area (Å²) in [6.45, 7) is 2.50. The number of carbonyl (C=O) groups is 2. The van der Waals surface area contributed by atoms with E-state index in [0.29, 0.717) is 25.1 Å². The summed E-state index contributed by atoms with van der Waals surface area (Å²) in [5.41, 5.74) is 1.36. The molecule has 1 saturated carbocycles. The highest BCUT2D eigenvalue weighted by molar-refractivity contribution is 8.14. The molecule has 2 aliphatic rings. The molecule has 2 fully saturated rings. The summed E-state index contributed by atoms with van der Waals surface area (Å²) in [5.74, 6) is -0.260. The first-order valence-corrected chi connectivity index (χ1v) is 9.88. The number of aliphatic hydroxyl groups is 1. The molecule has 1 aliphatic carbocycles. The lowest BCUT2D eigenvalue weighted by Crippen LogP contribution is -2.43. The van der Waals surface area contributed by atoms with Crippen molar-refractivity contribution in [3.8, 4) is 0 Å². The number of ketones is 1. The lowest BCUT2D eigenvalue weighted by atomic mass is 9.93. The summed E-state index contributed by atoms with van der Waals surface area (Å²) in [6.07, 6.45) is 4.16. The number of hydrogen-bond donors (Lipinski definition) is 1. The first-order chi connectivity index (χ1) is 12.5. The Morgan fingerprint density at radius 1 is 1.35 bits per heavy atom. The maximum atomic E-state index is 14.5. The third-order valence-corrected chi connectivity index (χ3v) is 6.11. The van der Waals surface area contributed by atoms with Gasteiger partial charge in [0.25, 0.3) is 0 Å². The monoisotopic (exact) mass is 377 g/mol. The number of piperidine rings is 1. The number of halogens is 1. The van der Waals surface area contributed by atoms with Crippen LogP contribution in [0.4, 0.5) is 4.39 Å². The van der Waals surface area contributed by atoms with E-state index in [1.807, 2.05) is 4.90 Å². The minimum absolute atomic E-state index is 0.00759. The van der Waals surface area contributed by atoms with Gasteiger partial charge in [-0.3, -0.25) is 14.5 Å². The van der Waals surface area contributed by atoms with Gasteiger partial charge in [-0.15, -0.1) is 0 Å². The molecule has 3 rings (SSSR count). The molecule has 1 aromatic rings. The van der Waals surface area contributed by atoms with Crippen molar-refractivity contribution in [1.82, 2.24) is 4.90 Å². The van der Waals surface area contributed by atoms with Crippen LogP contribution in [0, 0.1) is 11.7 Å². The van der Waals surface area contributed by atoms with Crippen molar-refractivity contribution in [2.45, 2.75) is 37.5 Å². The number of carbonyl (C=O) groups excluding carboxylic acids is 2. The van der Waals surface area contributed by atoms with Crippen LogP contribution in [-0.2, 0) is 9.59 Å². The number of Topliss-reactive ketones (excluding diaryl/α,β-unsaturated/α-hetero) is 1. The maximum Gasteiger partial charge on any atom is 0.186 e. The van der Waals surface area contributed by atoms with E-state index in [9.17, 15) is 19.1 Å². The molecule has 1 N–H and O–H groups in total. The fourth-order valence-electron chi connectivity index (χ4n) is 3.57. The summed E-state index contributed by atoms with van der Waals surface area (Å²) in [5, 5.41) is 9.39. The highest BCUT2D eigenvalue weighted by Gasteiger charge is 2.41. The molecule has 1 saturated heterocycles. The fourth-order valence-corrected chi connectivity index (χ4v) is 4.52. The zero-order chi connectivity index (χ0) is 18.7. The van der Waals surface area contributed by atoms with Crippen LogP contribution in [0.1, 0.15) is 37.8 Å². The minimum Gasteiger partial charge on any atom is -0.392 e. The van der Waals surface area contributed by atoms with E-state index in [1.54, 1.807) is 24.3 Å². The summed E-state index contributed by atoms with van der Waals surface area (Å²) < 4.78 is 14.5. The Morgan fingerprint density at radius 2 is 2.08 bits per heavy atom. The molecule has 4 nitrogen and oxygen atoms in total. The Kier molecular flexibility index (Phi) is 6.27. The smallest absolute Gasteiger partial charge is 0.186 e. The molecule has 140 valence electrons. The Labute approximate surface area is 157 Å². The molecule has 0 amide bonds. The quantitative estimate of drug-likeness (QED) is 0.772. The van der Waals surface area contributed by atoms with Crippen LogP contribution in [0.2, 0.25) is 0 Å². The van der Waals surface area contributed by atoms with Gasteiger partial charge >= 0.3 is 0 Å². The number of likely N-dealkylation sites (tertiary alicyclic amines) is 1. The van der Waals surface area contributed by atoms with E-state index in [0.717, 1.165) is 18.4 Å². The third-order valence-electron chi connectivity index (χ3n) is 4.95. The molecular weight excluding hydrogens is 353 g/mol. The van der Waals surface area contributed by atoms with E-state index in [-0.39, 0.29) is 34.5 Å². The van der Waals surface area contributed by atoms with Crippen molar-refractivity contribution >= 4 is 22.7 Å². The molecule has 6 heteroatoms. The highest BCUT2D eigenvalue weighted by Crippen LogP contribution is 2.40. The van der Waals surface area contributed by atoms with Crippen molar-refractivity contribution in [1.29, 1.82) is 0 Å². The summed E-state index contributed by atoms with van der Waals surface area (Å²) >= 11 is 1.26. The standard InChI is InChI=1S/C20H24FNO3S/c1-13(24)26-18-8-10-22(12-15(18)9-11-23)19(20(25)14-6-7-14)16-4-2-3-5-17(16)21/h2-5,9,14,18-19,23H,6-8,10-12H2,1H3/b15-9+/t18-,19?/m0/s1. The van der Waals surface area contributed by atoms with Crippen molar-refractivity contribution in [2.24, 2.45) is 5.92 Å². The van der Waals surface area contributed by atoms with Crippen LogP contribution in [0.3, 0.4) is 0 Å². The first kappa shape index (κ1) is 19.3. The second-order valence-corrected chi connectivity index (χ2v) is 8.30. The normalized spacial score (nSPS) is 23.8. The van der Waals surface area contributed by atoms with Crippen LogP contribution >= 0.6 is 11.8 Å². The number of nitrogens with zero attached hydrogens (tertiary/aromatic N) is 1. The van der Waals surface area contributed by atoms with Crippen LogP contribution in [0.15, 0.2) is 35.9 Å². The summed E-state index contributed by atoms with van der Waals surface area (Å²) in [7, 11) is 0. The first-order valence-electron chi connectivity index (χ1n) is 9.00.